The van der Waals surface area contributed by atoms with Gasteiger partial charge in [-0.2, -0.15) is 0 Å². The zero-order valence-electron chi connectivity index (χ0n) is 13.8. The predicted molar refractivity (Wildman–Crippen MR) is 103 cm³/mol. The van der Waals surface area contributed by atoms with Gasteiger partial charge in [-0.05, 0) is 12.1 Å². The van der Waals surface area contributed by atoms with E-state index in [0.29, 0.717) is 0 Å². The topological polar surface area (TPSA) is 37.8 Å². The van der Waals surface area contributed by atoms with E-state index >= 15 is 0 Å². The highest BCUT2D eigenvalue weighted by atomic mass is 32.1. The molecular weight excluding hydrogens is 314 g/mol. The fourth-order valence-electron chi connectivity index (χ4n) is 2.68. The smallest absolute Gasteiger partial charge is 0.210 e. The summed E-state index contributed by atoms with van der Waals surface area (Å²) in [6.07, 6.45) is 9.00. The molecule has 1 N–H and O–H groups in total. The molecule has 0 radical (unpaired) electrons. The first-order valence-corrected chi connectivity index (χ1v) is 9.44. The normalized spacial score (nSPS) is 13.7. The van der Waals surface area contributed by atoms with Crippen LogP contribution in [-0.4, -0.2) is 10.2 Å². The first kappa shape index (κ1) is 16.7. The number of para-hydroxylation sites is 1. The van der Waals surface area contributed by atoms with Crippen LogP contribution >= 0.6 is 11.3 Å². The molecule has 0 bridgehead atoms. The van der Waals surface area contributed by atoms with Gasteiger partial charge in [-0.15, -0.1) is 10.2 Å². The molecule has 4 heteroatoms. The van der Waals surface area contributed by atoms with E-state index < -0.39 is 0 Å². The summed E-state index contributed by atoms with van der Waals surface area (Å²) in [5, 5.41) is 13.3. The van der Waals surface area contributed by atoms with Crippen molar-refractivity contribution in [3.05, 3.63) is 60.7 Å². The maximum atomic E-state index is 4.19. The third-order valence-electron chi connectivity index (χ3n) is 3.97. The average molecular weight is 337 g/mol. The second-order valence-electron chi connectivity index (χ2n) is 5.89. The van der Waals surface area contributed by atoms with E-state index in [4.69, 9.17) is 0 Å². The fraction of sp³-hybridized carbons (Fsp3) is 0.300. The second kappa shape index (κ2) is 9.18. The zero-order chi connectivity index (χ0) is 16.5. The van der Waals surface area contributed by atoms with Gasteiger partial charge in [0.1, 0.15) is 5.01 Å². The molecule has 1 heterocycles. The van der Waals surface area contributed by atoms with E-state index in [-0.39, 0.29) is 0 Å². The molecule has 0 saturated heterocycles. The number of hydrogen-bond acceptors (Lipinski definition) is 4. The predicted octanol–water partition coefficient (Wildman–Crippen LogP) is 6.29. The van der Waals surface area contributed by atoms with Gasteiger partial charge < -0.3 is 5.32 Å². The van der Waals surface area contributed by atoms with E-state index in [1.165, 1.54) is 38.5 Å². The van der Waals surface area contributed by atoms with Crippen molar-refractivity contribution in [1.29, 1.82) is 0 Å². The van der Waals surface area contributed by atoms with Gasteiger partial charge >= 0.3 is 0 Å². The van der Waals surface area contributed by atoms with Crippen molar-refractivity contribution < 1.29 is 0 Å². The molecule has 24 heavy (non-hydrogen) atoms. The van der Waals surface area contributed by atoms with Crippen molar-refractivity contribution in [2.75, 3.05) is 5.32 Å². The Balaban J connectivity index is 0.000000238. The lowest BCUT2D eigenvalue weighted by molar-refractivity contribution is 0.504. The molecule has 1 aromatic heterocycles. The number of hydrogen-bond donors (Lipinski definition) is 1. The third-order valence-corrected chi connectivity index (χ3v) is 4.86. The molecule has 1 fully saturated rings. The largest absolute Gasteiger partial charge is 0.330 e. The highest BCUT2D eigenvalue weighted by molar-refractivity contribution is 7.18. The van der Waals surface area contributed by atoms with Gasteiger partial charge in [0.2, 0.25) is 5.13 Å². The maximum absolute atomic E-state index is 4.19. The van der Waals surface area contributed by atoms with E-state index in [9.17, 15) is 0 Å². The molecule has 4 rings (SSSR count). The molecule has 3 aromatic rings. The minimum Gasteiger partial charge on any atom is -0.330 e. The number of nitrogens with zero attached hydrogens (tertiary/aromatic N) is 2. The van der Waals surface area contributed by atoms with Crippen LogP contribution in [0.5, 0.6) is 0 Å². The molecule has 2 aromatic carbocycles. The van der Waals surface area contributed by atoms with Gasteiger partial charge in [0.15, 0.2) is 0 Å². The van der Waals surface area contributed by atoms with E-state index in [1.54, 1.807) is 11.3 Å². The van der Waals surface area contributed by atoms with Crippen LogP contribution in [0, 0.1) is 0 Å². The quantitative estimate of drug-likeness (QED) is 0.610. The number of nitrogens with one attached hydrogen (secondary N) is 1. The van der Waals surface area contributed by atoms with Crippen LogP contribution in [0.3, 0.4) is 0 Å². The molecule has 0 aliphatic heterocycles. The van der Waals surface area contributed by atoms with Gasteiger partial charge in [-0.25, -0.2) is 0 Å². The summed E-state index contributed by atoms with van der Waals surface area (Å²) in [6.45, 7) is 0. The van der Waals surface area contributed by atoms with Crippen LogP contribution in [0.4, 0.5) is 10.8 Å². The summed E-state index contributed by atoms with van der Waals surface area (Å²) < 4.78 is 0. The first-order chi connectivity index (χ1) is 11.9. The van der Waals surface area contributed by atoms with Gasteiger partial charge in [-0.3, -0.25) is 0 Å². The maximum Gasteiger partial charge on any atom is 0.210 e. The molecule has 1 saturated carbocycles. The van der Waals surface area contributed by atoms with Crippen molar-refractivity contribution in [2.45, 2.75) is 38.5 Å². The van der Waals surface area contributed by atoms with E-state index in [0.717, 1.165) is 21.4 Å². The van der Waals surface area contributed by atoms with Crippen molar-refractivity contribution in [2.24, 2.45) is 0 Å². The Bertz CT molecular complexity index is 695. The van der Waals surface area contributed by atoms with Gasteiger partial charge in [0.25, 0.3) is 0 Å². The minimum atomic E-state index is 0.806. The molecule has 0 unspecified atom stereocenters. The molecule has 1 aliphatic rings. The summed E-state index contributed by atoms with van der Waals surface area (Å²) >= 11 is 1.55. The van der Waals surface area contributed by atoms with E-state index in [1.807, 2.05) is 60.7 Å². The Morgan fingerprint density at radius 2 is 1.21 bits per heavy atom. The summed E-state index contributed by atoms with van der Waals surface area (Å²) in [5.74, 6) is 0. The molecule has 3 nitrogen and oxygen atoms in total. The minimum absolute atomic E-state index is 0.806. The zero-order valence-corrected chi connectivity index (χ0v) is 14.6. The number of anilines is 2. The van der Waals surface area contributed by atoms with Crippen molar-refractivity contribution >= 4 is 22.2 Å². The Kier molecular flexibility index (Phi) is 6.37. The third kappa shape index (κ3) is 5.17. The Labute approximate surface area is 147 Å². The molecule has 124 valence electrons. The number of rotatable bonds is 3. The molecule has 1 aliphatic carbocycles. The van der Waals surface area contributed by atoms with E-state index in [2.05, 4.69) is 15.5 Å². The summed E-state index contributed by atoms with van der Waals surface area (Å²) in [5.41, 5.74) is 2.12. The number of aromatic nitrogens is 2. The molecular formula is C20H23N3S. The lowest BCUT2D eigenvalue weighted by Crippen LogP contribution is -1.87. The highest BCUT2D eigenvalue weighted by Gasteiger charge is 2.05. The molecule has 0 atom stereocenters. The molecule has 0 spiro atoms. The lowest BCUT2D eigenvalue weighted by Gasteiger charge is -2.05. The number of benzene rings is 2. The van der Waals surface area contributed by atoms with Gasteiger partial charge in [0, 0.05) is 11.3 Å². The summed E-state index contributed by atoms with van der Waals surface area (Å²) in [7, 11) is 0. The second-order valence-corrected chi connectivity index (χ2v) is 6.87. The Morgan fingerprint density at radius 1 is 0.667 bits per heavy atom. The average Bonchev–Trinajstić information content (AvgIpc) is 3.14. The fourth-order valence-corrected chi connectivity index (χ4v) is 3.45. The van der Waals surface area contributed by atoms with Gasteiger partial charge in [0.05, 0.1) is 0 Å². The highest BCUT2D eigenvalue weighted by Crippen LogP contribution is 2.27. The standard InChI is InChI=1S/C14H11N3S.C6H12/c1-3-7-11(8-4-1)13-16-17-14(18-13)15-12-9-5-2-6-10-12;1-2-4-6-5-3-1/h1-10H,(H,15,17);1-6H2. The van der Waals surface area contributed by atoms with Crippen molar-refractivity contribution in [3.8, 4) is 10.6 Å². The van der Waals surface area contributed by atoms with Crippen LogP contribution in [0.25, 0.3) is 10.6 Å². The SMILES string of the molecule is C1CCCCC1.c1ccc(Nc2nnc(-c3ccccc3)s2)cc1. The monoisotopic (exact) mass is 337 g/mol. The van der Waals surface area contributed by atoms with Crippen LogP contribution in [-0.2, 0) is 0 Å². The van der Waals surface area contributed by atoms with Crippen molar-refractivity contribution in [3.63, 3.8) is 0 Å². The van der Waals surface area contributed by atoms with Crippen molar-refractivity contribution in [1.82, 2.24) is 10.2 Å². The Morgan fingerprint density at radius 3 is 1.79 bits per heavy atom. The summed E-state index contributed by atoms with van der Waals surface area (Å²) in [6, 6.07) is 20.0. The Hall–Kier alpha value is -2.20. The van der Waals surface area contributed by atoms with Crippen LogP contribution < -0.4 is 5.32 Å². The van der Waals surface area contributed by atoms with Gasteiger partial charge in [-0.1, -0.05) is 98.4 Å². The summed E-state index contributed by atoms with van der Waals surface area (Å²) in [4.78, 5) is 0. The molecule has 0 amide bonds. The first-order valence-electron chi connectivity index (χ1n) is 8.63. The van der Waals surface area contributed by atoms with Crippen LogP contribution in [0.1, 0.15) is 38.5 Å². The van der Waals surface area contributed by atoms with Crippen LogP contribution in [0.15, 0.2) is 60.7 Å². The van der Waals surface area contributed by atoms with Crippen LogP contribution in [0.2, 0.25) is 0 Å². The lowest BCUT2D eigenvalue weighted by atomic mass is 10.0.